The summed E-state index contributed by atoms with van der Waals surface area (Å²) in [5.41, 5.74) is 0. The highest BCUT2D eigenvalue weighted by Gasteiger charge is 2.40. The largest absolute Gasteiger partial charge is 0.475 e. The average Bonchev–Trinajstić information content (AvgIpc) is 2.90. The Bertz CT molecular complexity index is 742. The van der Waals surface area contributed by atoms with Crippen LogP contribution in [0.3, 0.4) is 0 Å². The number of likely N-dealkylation sites (tertiary alicyclic amines) is 1. The standard InChI is InChI=1S/C23H38N2O6S2/c1-22(2,3)32-15(19(28)21(30)31)13-17(26)24-11-9-7-8-10-12-25-18(27)14-16(20(25)29)33-23(4,5)6/h15-16H,7-14H2,1-6H3,(H,24,26)(H,30,31). The number of carbonyl (C=O) groups is 5. The van der Waals surface area contributed by atoms with Crippen molar-refractivity contribution in [1.82, 2.24) is 10.2 Å². The molecule has 0 spiro atoms. The quantitative estimate of drug-likeness (QED) is 0.224. The number of hydrogen-bond donors (Lipinski definition) is 2. The van der Waals surface area contributed by atoms with Crippen LogP contribution >= 0.6 is 23.5 Å². The van der Waals surface area contributed by atoms with Crippen LogP contribution in [0.1, 0.15) is 80.1 Å². The minimum absolute atomic E-state index is 0.0760. The molecule has 0 aliphatic carbocycles. The van der Waals surface area contributed by atoms with E-state index >= 15 is 0 Å². The van der Waals surface area contributed by atoms with Gasteiger partial charge in [-0.3, -0.25) is 24.1 Å². The molecule has 188 valence electrons. The van der Waals surface area contributed by atoms with Gasteiger partial charge in [0, 0.05) is 35.4 Å². The lowest BCUT2D eigenvalue weighted by Gasteiger charge is -2.23. The fraction of sp³-hybridized carbons (Fsp3) is 0.783. The average molecular weight is 503 g/mol. The van der Waals surface area contributed by atoms with Gasteiger partial charge in [-0.25, -0.2) is 4.79 Å². The van der Waals surface area contributed by atoms with E-state index in [4.69, 9.17) is 5.11 Å². The maximum absolute atomic E-state index is 12.5. The maximum Gasteiger partial charge on any atom is 0.373 e. The molecule has 1 saturated heterocycles. The molecule has 2 unspecified atom stereocenters. The van der Waals surface area contributed by atoms with Crippen LogP contribution in [0.5, 0.6) is 0 Å². The Morgan fingerprint density at radius 1 is 1.03 bits per heavy atom. The molecule has 2 N–H and O–H groups in total. The van der Waals surface area contributed by atoms with E-state index in [-0.39, 0.29) is 45.3 Å². The Labute approximate surface area is 205 Å². The van der Waals surface area contributed by atoms with Crippen LogP contribution in [-0.2, 0) is 24.0 Å². The SMILES string of the molecule is CC(C)(C)SC(CC(=O)NCCCCCCN1C(=O)CC(SC(C)(C)C)C1=O)C(=O)C(=O)O. The summed E-state index contributed by atoms with van der Waals surface area (Å²) in [6, 6.07) is 0. The van der Waals surface area contributed by atoms with E-state index in [0.29, 0.717) is 13.1 Å². The monoisotopic (exact) mass is 502 g/mol. The molecule has 0 aromatic rings. The van der Waals surface area contributed by atoms with E-state index in [0.717, 1.165) is 25.7 Å². The summed E-state index contributed by atoms with van der Waals surface area (Å²) in [6.45, 7) is 12.5. The minimum Gasteiger partial charge on any atom is -0.475 e. The molecule has 0 radical (unpaired) electrons. The lowest BCUT2D eigenvalue weighted by molar-refractivity contribution is -0.149. The molecule has 1 rings (SSSR count). The Morgan fingerprint density at radius 2 is 1.64 bits per heavy atom. The number of rotatable bonds is 13. The third kappa shape index (κ3) is 11.4. The zero-order chi connectivity index (χ0) is 25.4. The molecule has 8 nitrogen and oxygen atoms in total. The molecule has 33 heavy (non-hydrogen) atoms. The van der Waals surface area contributed by atoms with Gasteiger partial charge < -0.3 is 10.4 Å². The second-order valence-electron chi connectivity index (χ2n) is 10.2. The van der Waals surface area contributed by atoms with Gasteiger partial charge in [-0.15, -0.1) is 23.5 Å². The first-order valence-corrected chi connectivity index (χ1v) is 13.1. The molecule has 3 amide bonds. The van der Waals surface area contributed by atoms with Crippen molar-refractivity contribution in [2.75, 3.05) is 13.1 Å². The van der Waals surface area contributed by atoms with Gasteiger partial charge in [-0.2, -0.15) is 0 Å². The van der Waals surface area contributed by atoms with Crippen molar-refractivity contribution in [2.45, 2.75) is 100 Å². The number of Topliss-reactive ketones (excluding diaryl/α,β-unsaturated/α-hetero) is 1. The molecule has 1 aliphatic rings. The van der Waals surface area contributed by atoms with Crippen molar-refractivity contribution < 1.29 is 29.1 Å². The van der Waals surface area contributed by atoms with Crippen molar-refractivity contribution in [3.63, 3.8) is 0 Å². The van der Waals surface area contributed by atoms with Gasteiger partial charge in [-0.05, 0) is 12.8 Å². The molecule has 1 heterocycles. The zero-order valence-electron chi connectivity index (χ0n) is 20.6. The molecule has 1 aliphatic heterocycles. The predicted octanol–water partition coefficient (Wildman–Crippen LogP) is 3.27. The Balaban J connectivity index is 2.30. The molecule has 2 atom stereocenters. The van der Waals surface area contributed by atoms with Crippen LogP contribution in [0.25, 0.3) is 0 Å². The zero-order valence-corrected chi connectivity index (χ0v) is 22.2. The third-order valence-electron chi connectivity index (χ3n) is 4.70. The van der Waals surface area contributed by atoms with Gasteiger partial charge in [0.2, 0.25) is 17.7 Å². The summed E-state index contributed by atoms with van der Waals surface area (Å²) >= 11 is 2.72. The van der Waals surface area contributed by atoms with Gasteiger partial charge in [0.25, 0.3) is 5.78 Å². The number of nitrogens with zero attached hydrogens (tertiary/aromatic N) is 1. The predicted molar refractivity (Wildman–Crippen MR) is 132 cm³/mol. The Morgan fingerprint density at radius 3 is 2.18 bits per heavy atom. The van der Waals surface area contributed by atoms with Crippen LogP contribution in [0.15, 0.2) is 0 Å². The van der Waals surface area contributed by atoms with E-state index in [1.165, 1.54) is 28.4 Å². The number of nitrogens with one attached hydrogen (secondary N) is 1. The normalized spacial score (nSPS) is 17.9. The molecule has 1 fully saturated rings. The summed E-state index contributed by atoms with van der Waals surface area (Å²) in [6.07, 6.45) is 3.19. The van der Waals surface area contributed by atoms with E-state index in [1.54, 1.807) is 0 Å². The number of carboxylic acid groups (broad SMARTS) is 1. The number of aliphatic carboxylic acids is 1. The maximum atomic E-state index is 12.5. The summed E-state index contributed by atoms with van der Waals surface area (Å²) in [5, 5.41) is 10.5. The second kappa shape index (κ2) is 12.8. The number of unbranched alkanes of at least 4 members (excludes halogenated alkanes) is 3. The van der Waals surface area contributed by atoms with Gasteiger partial charge >= 0.3 is 5.97 Å². The molecule has 0 bridgehead atoms. The number of carbonyl (C=O) groups excluding carboxylic acids is 4. The highest BCUT2D eigenvalue weighted by molar-refractivity contribution is 8.02. The smallest absolute Gasteiger partial charge is 0.373 e. The summed E-state index contributed by atoms with van der Waals surface area (Å²) < 4.78 is -0.424. The van der Waals surface area contributed by atoms with E-state index in [9.17, 15) is 24.0 Å². The van der Waals surface area contributed by atoms with Crippen LogP contribution in [0.2, 0.25) is 0 Å². The number of ketones is 1. The summed E-state index contributed by atoms with van der Waals surface area (Å²) in [4.78, 5) is 61.1. The molecule has 0 aromatic heterocycles. The minimum atomic E-state index is -1.53. The highest BCUT2D eigenvalue weighted by atomic mass is 32.2. The van der Waals surface area contributed by atoms with Gasteiger partial charge in [0.1, 0.15) is 0 Å². The van der Waals surface area contributed by atoms with Crippen molar-refractivity contribution in [3.05, 3.63) is 0 Å². The summed E-state index contributed by atoms with van der Waals surface area (Å²) in [7, 11) is 0. The van der Waals surface area contributed by atoms with E-state index in [1.807, 2.05) is 41.5 Å². The first-order valence-electron chi connectivity index (χ1n) is 11.3. The molecular formula is C23H38N2O6S2. The fourth-order valence-corrected chi connectivity index (χ4v) is 5.98. The molecular weight excluding hydrogens is 464 g/mol. The van der Waals surface area contributed by atoms with E-state index < -0.39 is 17.0 Å². The molecule has 0 saturated carbocycles. The van der Waals surface area contributed by atoms with Crippen LogP contribution in [0.4, 0.5) is 0 Å². The lowest BCUT2D eigenvalue weighted by atomic mass is 10.1. The Hall–Kier alpha value is -1.55. The van der Waals surface area contributed by atoms with Crippen molar-refractivity contribution in [1.29, 1.82) is 0 Å². The van der Waals surface area contributed by atoms with Crippen LogP contribution < -0.4 is 5.32 Å². The number of hydrogen-bond acceptors (Lipinski definition) is 7. The number of carboxylic acids is 1. The van der Waals surface area contributed by atoms with Gasteiger partial charge in [0.15, 0.2) is 0 Å². The molecule has 0 aromatic carbocycles. The van der Waals surface area contributed by atoms with Gasteiger partial charge in [0.05, 0.1) is 10.5 Å². The number of amides is 3. The number of thioether (sulfide) groups is 2. The van der Waals surface area contributed by atoms with Gasteiger partial charge in [-0.1, -0.05) is 54.4 Å². The number of imide groups is 1. The first kappa shape index (κ1) is 29.5. The second-order valence-corrected chi connectivity index (χ2v) is 14.2. The van der Waals surface area contributed by atoms with Crippen LogP contribution in [-0.4, -0.2) is 72.6 Å². The highest BCUT2D eigenvalue weighted by Crippen LogP contribution is 2.34. The third-order valence-corrected chi connectivity index (χ3v) is 7.43. The first-order chi connectivity index (χ1) is 15.1. The van der Waals surface area contributed by atoms with Crippen LogP contribution in [0, 0.1) is 0 Å². The molecule has 10 heteroatoms. The Kier molecular flexibility index (Phi) is 11.4. The van der Waals surface area contributed by atoms with Crippen molar-refractivity contribution in [2.24, 2.45) is 0 Å². The van der Waals surface area contributed by atoms with Crippen molar-refractivity contribution >= 4 is 53.0 Å². The van der Waals surface area contributed by atoms with E-state index in [2.05, 4.69) is 5.32 Å². The summed E-state index contributed by atoms with van der Waals surface area (Å²) in [5.74, 6) is -3.03. The van der Waals surface area contributed by atoms with Crippen molar-refractivity contribution in [3.8, 4) is 0 Å². The lowest BCUT2D eigenvalue weighted by Crippen LogP contribution is -2.35. The fourth-order valence-electron chi connectivity index (χ4n) is 3.38. The topological polar surface area (TPSA) is 121 Å².